The number of carbonyl (C=O) groups is 1. The van der Waals surface area contributed by atoms with Gasteiger partial charge in [-0.1, -0.05) is 0 Å². The summed E-state index contributed by atoms with van der Waals surface area (Å²) in [6, 6.07) is 5.54. The Balaban J connectivity index is 1.70. The van der Waals surface area contributed by atoms with Crippen LogP contribution in [0, 0.1) is 0 Å². The van der Waals surface area contributed by atoms with Crippen LogP contribution in [-0.2, 0) is 4.74 Å². The van der Waals surface area contributed by atoms with Crippen LogP contribution in [0.15, 0.2) is 24.5 Å². The number of H-pyrrole nitrogens is 1. The maximum absolute atomic E-state index is 12.4. The molecule has 1 aromatic carbocycles. The lowest BCUT2D eigenvalue weighted by Crippen LogP contribution is -2.37. The van der Waals surface area contributed by atoms with E-state index in [-0.39, 0.29) is 12.0 Å². The Morgan fingerprint density at radius 1 is 1.50 bits per heavy atom. The van der Waals surface area contributed by atoms with Crippen molar-refractivity contribution in [3.63, 3.8) is 0 Å². The molecule has 0 saturated carbocycles. The molecule has 106 valence electrons. The summed E-state index contributed by atoms with van der Waals surface area (Å²) in [5.74, 6) is 0.0238. The van der Waals surface area contributed by atoms with Gasteiger partial charge in [0.05, 0.1) is 23.5 Å². The summed E-state index contributed by atoms with van der Waals surface area (Å²) in [5.41, 5.74) is 2.44. The smallest absolute Gasteiger partial charge is 0.253 e. The molecule has 20 heavy (non-hydrogen) atoms. The first-order valence-electron chi connectivity index (χ1n) is 7.04. The third-order valence-electron chi connectivity index (χ3n) is 3.77. The van der Waals surface area contributed by atoms with E-state index in [4.69, 9.17) is 4.74 Å². The lowest BCUT2D eigenvalue weighted by atomic mass is 10.1. The number of benzene rings is 1. The van der Waals surface area contributed by atoms with E-state index in [1.807, 2.05) is 25.2 Å². The van der Waals surface area contributed by atoms with E-state index in [0.717, 1.165) is 30.5 Å². The molecule has 2 heterocycles. The molecule has 2 aromatic rings. The van der Waals surface area contributed by atoms with Gasteiger partial charge in [-0.2, -0.15) is 0 Å². The first-order chi connectivity index (χ1) is 9.74. The molecule has 1 aliphatic rings. The lowest BCUT2D eigenvalue weighted by Gasteiger charge is -2.27. The minimum absolute atomic E-state index is 0.0238. The number of rotatable bonds is 3. The molecule has 1 aliphatic heterocycles. The molecule has 0 bridgehead atoms. The van der Waals surface area contributed by atoms with Gasteiger partial charge in [-0.05, 0) is 37.5 Å². The summed E-state index contributed by atoms with van der Waals surface area (Å²) in [6.45, 7) is 1.46. The Hall–Kier alpha value is -1.88. The van der Waals surface area contributed by atoms with Crippen LogP contribution in [0.5, 0.6) is 0 Å². The fourth-order valence-corrected chi connectivity index (χ4v) is 2.63. The number of hydrogen-bond donors (Lipinski definition) is 1. The normalized spacial score (nSPS) is 19.1. The molecule has 1 N–H and O–H groups in total. The molecule has 1 unspecified atom stereocenters. The quantitative estimate of drug-likeness (QED) is 0.932. The van der Waals surface area contributed by atoms with Crippen molar-refractivity contribution in [1.29, 1.82) is 0 Å². The zero-order valence-corrected chi connectivity index (χ0v) is 11.6. The van der Waals surface area contributed by atoms with Crippen LogP contribution < -0.4 is 0 Å². The van der Waals surface area contributed by atoms with Gasteiger partial charge in [0, 0.05) is 25.8 Å². The van der Waals surface area contributed by atoms with Crippen molar-refractivity contribution in [3.8, 4) is 0 Å². The van der Waals surface area contributed by atoms with Crippen LogP contribution >= 0.6 is 0 Å². The number of nitrogens with one attached hydrogen (secondary N) is 1. The number of hydrogen-bond acceptors (Lipinski definition) is 3. The highest BCUT2D eigenvalue weighted by atomic mass is 16.5. The topological polar surface area (TPSA) is 58.2 Å². The van der Waals surface area contributed by atoms with E-state index in [1.165, 1.54) is 6.42 Å². The maximum atomic E-state index is 12.4. The predicted octanol–water partition coefficient (Wildman–Crippen LogP) is 2.20. The Morgan fingerprint density at radius 3 is 3.20 bits per heavy atom. The summed E-state index contributed by atoms with van der Waals surface area (Å²) in [5, 5.41) is 0. The Morgan fingerprint density at radius 2 is 2.40 bits per heavy atom. The van der Waals surface area contributed by atoms with E-state index < -0.39 is 0 Å². The van der Waals surface area contributed by atoms with Gasteiger partial charge in [0.25, 0.3) is 5.91 Å². The summed E-state index contributed by atoms with van der Waals surface area (Å²) in [7, 11) is 1.83. The summed E-state index contributed by atoms with van der Waals surface area (Å²) in [6.07, 6.45) is 5.17. The molecule has 5 heteroatoms. The van der Waals surface area contributed by atoms with E-state index in [9.17, 15) is 4.79 Å². The highest BCUT2D eigenvalue weighted by molar-refractivity contribution is 5.97. The second-order valence-corrected chi connectivity index (χ2v) is 5.31. The largest absolute Gasteiger partial charge is 0.376 e. The fourth-order valence-electron chi connectivity index (χ4n) is 2.63. The van der Waals surface area contributed by atoms with Crippen LogP contribution in [0.25, 0.3) is 11.0 Å². The molecular formula is C15H19N3O2. The highest BCUT2D eigenvalue weighted by Crippen LogP contribution is 2.16. The Bertz CT molecular complexity index is 602. The number of ether oxygens (including phenoxy) is 1. The van der Waals surface area contributed by atoms with Gasteiger partial charge in [0.2, 0.25) is 0 Å². The van der Waals surface area contributed by atoms with E-state index in [0.29, 0.717) is 12.1 Å². The number of aromatic amines is 1. The van der Waals surface area contributed by atoms with Crippen LogP contribution in [-0.4, -0.2) is 47.1 Å². The van der Waals surface area contributed by atoms with Crippen LogP contribution in [0.1, 0.15) is 29.6 Å². The van der Waals surface area contributed by atoms with Crippen molar-refractivity contribution >= 4 is 16.9 Å². The molecule has 3 rings (SSSR count). The van der Waals surface area contributed by atoms with Crippen molar-refractivity contribution < 1.29 is 9.53 Å². The standard InChI is InChI=1S/C15H19N3O2/c1-18(9-12-4-2-3-7-20-12)15(19)11-5-6-13-14(8-11)17-10-16-13/h5-6,8,10,12H,2-4,7,9H2,1H3,(H,16,17). The molecule has 0 aliphatic carbocycles. The van der Waals surface area contributed by atoms with Gasteiger partial charge >= 0.3 is 0 Å². The van der Waals surface area contributed by atoms with Crippen molar-refractivity contribution in [2.45, 2.75) is 25.4 Å². The van der Waals surface area contributed by atoms with E-state index in [2.05, 4.69) is 9.97 Å². The van der Waals surface area contributed by atoms with E-state index in [1.54, 1.807) is 11.2 Å². The molecule has 1 saturated heterocycles. The third kappa shape index (κ3) is 2.67. The SMILES string of the molecule is CN(CC1CCCCO1)C(=O)c1ccc2nc[nH]c2c1. The number of nitrogens with zero attached hydrogens (tertiary/aromatic N) is 2. The maximum Gasteiger partial charge on any atom is 0.253 e. The molecule has 1 aromatic heterocycles. The first kappa shape index (κ1) is 13.1. The molecule has 1 amide bonds. The van der Waals surface area contributed by atoms with Gasteiger partial charge in [-0.15, -0.1) is 0 Å². The Kier molecular flexibility index (Phi) is 3.69. The minimum Gasteiger partial charge on any atom is -0.376 e. The molecule has 0 radical (unpaired) electrons. The second-order valence-electron chi connectivity index (χ2n) is 5.31. The van der Waals surface area contributed by atoms with Gasteiger partial charge in [-0.3, -0.25) is 4.79 Å². The van der Waals surface area contributed by atoms with Gasteiger partial charge in [-0.25, -0.2) is 4.98 Å². The van der Waals surface area contributed by atoms with Gasteiger partial charge in [0.1, 0.15) is 0 Å². The summed E-state index contributed by atoms with van der Waals surface area (Å²) in [4.78, 5) is 21.3. The average Bonchev–Trinajstić information content (AvgIpc) is 2.94. The van der Waals surface area contributed by atoms with Gasteiger partial charge < -0.3 is 14.6 Å². The lowest BCUT2D eigenvalue weighted by molar-refractivity contribution is -0.000184. The number of imidazole rings is 1. The summed E-state index contributed by atoms with van der Waals surface area (Å²) >= 11 is 0. The highest BCUT2D eigenvalue weighted by Gasteiger charge is 2.20. The Labute approximate surface area is 117 Å². The van der Waals surface area contributed by atoms with Crippen LogP contribution in [0.2, 0.25) is 0 Å². The summed E-state index contributed by atoms with van der Waals surface area (Å²) < 4.78 is 5.68. The zero-order chi connectivity index (χ0) is 13.9. The predicted molar refractivity (Wildman–Crippen MR) is 76.6 cm³/mol. The molecule has 5 nitrogen and oxygen atoms in total. The number of aromatic nitrogens is 2. The van der Waals surface area contributed by atoms with Crippen molar-refractivity contribution in [2.75, 3.05) is 20.2 Å². The van der Waals surface area contributed by atoms with Crippen LogP contribution in [0.3, 0.4) is 0 Å². The molecular weight excluding hydrogens is 254 g/mol. The van der Waals surface area contributed by atoms with E-state index >= 15 is 0 Å². The fraction of sp³-hybridized carbons (Fsp3) is 0.467. The number of fused-ring (bicyclic) bond motifs is 1. The average molecular weight is 273 g/mol. The number of likely N-dealkylation sites (N-methyl/N-ethyl adjacent to an activating group) is 1. The first-order valence-corrected chi connectivity index (χ1v) is 7.04. The minimum atomic E-state index is 0.0238. The van der Waals surface area contributed by atoms with Gasteiger partial charge in [0.15, 0.2) is 0 Å². The van der Waals surface area contributed by atoms with Crippen molar-refractivity contribution in [2.24, 2.45) is 0 Å². The van der Waals surface area contributed by atoms with Crippen molar-refractivity contribution in [3.05, 3.63) is 30.1 Å². The molecule has 1 fully saturated rings. The monoisotopic (exact) mass is 273 g/mol. The second kappa shape index (κ2) is 5.63. The van der Waals surface area contributed by atoms with Crippen molar-refractivity contribution in [1.82, 2.24) is 14.9 Å². The molecule has 1 atom stereocenters. The zero-order valence-electron chi connectivity index (χ0n) is 11.6. The third-order valence-corrected chi connectivity index (χ3v) is 3.77. The number of amides is 1. The molecule has 0 spiro atoms. The van der Waals surface area contributed by atoms with Crippen LogP contribution in [0.4, 0.5) is 0 Å². The number of carbonyl (C=O) groups excluding carboxylic acids is 1.